The fourth-order valence-electron chi connectivity index (χ4n) is 3.55. The summed E-state index contributed by atoms with van der Waals surface area (Å²) < 4.78 is 47.6. The van der Waals surface area contributed by atoms with E-state index in [1.165, 1.54) is 12.3 Å². The molecule has 2 aromatic heterocycles. The average Bonchev–Trinajstić information content (AvgIpc) is 3.51. The Morgan fingerprint density at radius 2 is 1.74 bits per heavy atom. The second-order valence-electron chi connectivity index (χ2n) is 7.75. The highest BCUT2D eigenvalue weighted by molar-refractivity contribution is 5.96. The number of amides is 2. The average molecular weight is 482 g/mol. The Balaban J connectivity index is 1.49. The van der Waals surface area contributed by atoms with E-state index in [9.17, 15) is 22.8 Å². The minimum atomic E-state index is -4.81. The van der Waals surface area contributed by atoms with Crippen LogP contribution in [0, 0.1) is 6.92 Å². The monoisotopic (exact) mass is 482 g/mol. The fourth-order valence-corrected chi connectivity index (χ4v) is 3.55. The molecule has 10 heteroatoms. The van der Waals surface area contributed by atoms with Gasteiger partial charge in [-0.15, -0.1) is 0 Å². The number of alkyl halides is 3. The van der Waals surface area contributed by atoms with Crippen LogP contribution in [0.25, 0.3) is 5.69 Å². The number of rotatable bonds is 7. The Morgan fingerprint density at radius 3 is 2.46 bits per heavy atom. The summed E-state index contributed by atoms with van der Waals surface area (Å²) in [6, 6.07) is 16.3. The van der Waals surface area contributed by atoms with Crippen LogP contribution in [0.2, 0.25) is 0 Å². The van der Waals surface area contributed by atoms with Crippen molar-refractivity contribution in [1.29, 1.82) is 0 Å². The highest BCUT2D eigenvalue weighted by Crippen LogP contribution is 2.34. The van der Waals surface area contributed by atoms with Crippen LogP contribution < -0.4 is 10.6 Å². The van der Waals surface area contributed by atoms with Gasteiger partial charge < -0.3 is 15.1 Å². The lowest BCUT2D eigenvalue weighted by Crippen LogP contribution is -2.27. The molecule has 0 bridgehead atoms. The maximum atomic E-state index is 13.9. The van der Waals surface area contributed by atoms with Crippen molar-refractivity contribution >= 4 is 11.8 Å². The molecule has 2 N–H and O–H groups in total. The molecule has 7 nitrogen and oxygen atoms in total. The Labute approximate surface area is 198 Å². The largest absolute Gasteiger partial charge is 0.467 e. The normalized spacial score (nSPS) is 11.3. The standard InChI is InChI=1S/C25H21F3N4O3/c1-16-6-2-3-10-21(16)32-22(25(26,27)28)20(15-31-32)24(34)29-13-17-7-4-8-18(12-17)23(33)30-14-19-9-5-11-35-19/h2-12,15H,13-14H2,1H3,(H,29,34)(H,30,33). The molecule has 0 atom stereocenters. The number of furan rings is 1. The second kappa shape index (κ2) is 9.88. The molecule has 180 valence electrons. The van der Waals surface area contributed by atoms with E-state index in [-0.39, 0.29) is 24.7 Å². The van der Waals surface area contributed by atoms with Crippen LogP contribution in [0.3, 0.4) is 0 Å². The number of hydrogen-bond donors (Lipinski definition) is 2. The van der Waals surface area contributed by atoms with Gasteiger partial charge in [0.05, 0.1) is 30.3 Å². The molecule has 0 aliphatic heterocycles. The molecule has 0 radical (unpaired) electrons. The van der Waals surface area contributed by atoms with E-state index in [1.54, 1.807) is 61.5 Å². The van der Waals surface area contributed by atoms with Crippen molar-refractivity contribution in [3.63, 3.8) is 0 Å². The predicted octanol–water partition coefficient (Wildman–Crippen LogP) is 4.65. The Bertz CT molecular complexity index is 1340. The van der Waals surface area contributed by atoms with Crippen LogP contribution in [0.4, 0.5) is 13.2 Å². The lowest BCUT2D eigenvalue weighted by Gasteiger charge is -2.14. The summed E-state index contributed by atoms with van der Waals surface area (Å²) in [5.74, 6) is -0.688. The van der Waals surface area contributed by atoms with E-state index in [0.29, 0.717) is 22.5 Å². The number of halogens is 3. The SMILES string of the molecule is Cc1ccccc1-n1ncc(C(=O)NCc2cccc(C(=O)NCc3ccco3)c2)c1C(F)(F)F. The summed E-state index contributed by atoms with van der Waals surface area (Å²) in [7, 11) is 0. The maximum Gasteiger partial charge on any atom is 0.434 e. The van der Waals surface area contributed by atoms with Crippen molar-refractivity contribution in [3.05, 3.63) is 107 Å². The lowest BCUT2D eigenvalue weighted by atomic mass is 10.1. The molecule has 4 aromatic rings. The number of carbonyl (C=O) groups excluding carboxylic acids is 2. The van der Waals surface area contributed by atoms with Crippen molar-refractivity contribution in [3.8, 4) is 5.69 Å². The van der Waals surface area contributed by atoms with Crippen molar-refractivity contribution in [2.75, 3.05) is 0 Å². The minimum Gasteiger partial charge on any atom is -0.467 e. The van der Waals surface area contributed by atoms with E-state index in [2.05, 4.69) is 15.7 Å². The number of benzene rings is 2. The molecule has 0 saturated heterocycles. The Hall–Kier alpha value is -4.34. The highest BCUT2D eigenvalue weighted by Gasteiger charge is 2.40. The maximum absolute atomic E-state index is 13.9. The Kier molecular flexibility index (Phi) is 6.72. The van der Waals surface area contributed by atoms with Gasteiger partial charge in [-0.25, -0.2) is 4.68 Å². The molecular weight excluding hydrogens is 461 g/mol. The number of carbonyl (C=O) groups is 2. The van der Waals surface area contributed by atoms with Gasteiger partial charge in [0.2, 0.25) is 0 Å². The summed E-state index contributed by atoms with van der Waals surface area (Å²) in [6.45, 7) is 1.79. The zero-order valence-electron chi connectivity index (χ0n) is 18.6. The first-order chi connectivity index (χ1) is 16.7. The van der Waals surface area contributed by atoms with Crippen LogP contribution in [-0.2, 0) is 19.3 Å². The Morgan fingerprint density at radius 1 is 0.971 bits per heavy atom. The zero-order chi connectivity index (χ0) is 25.0. The molecule has 2 heterocycles. The minimum absolute atomic E-state index is 0.0784. The van der Waals surface area contributed by atoms with Gasteiger partial charge in [0.25, 0.3) is 11.8 Å². The van der Waals surface area contributed by atoms with Gasteiger partial charge in [0.1, 0.15) is 5.76 Å². The van der Waals surface area contributed by atoms with Crippen LogP contribution in [0.5, 0.6) is 0 Å². The molecule has 4 rings (SSSR count). The molecule has 0 aliphatic rings. The van der Waals surface area contributed by atoms with Gasteiger partial charge in [0.15, 0.2) is 5.69 Å². The van der Waals surface area contributed by atoms with Gasteiger partial charge in [-0.1, -0.05) is 30.3 Å². The number of nitrogens with one attached hydrogen (secondary N) is 2. The summed E-state index contributed by atoms with van der Waals surface area (Å²) in [6.07, 6.45) is -2.40. The van der Waals surface area contributed by atoms with Gasteiger partial charge in [-0.3, -0.25) is 9.59 Å². The molecule has 0 saturated carbocycles. The first kappa shape index (κ1) is 23.8. The summed E-state index contributed by atoms with van der Waals surface area (Å²) in [5, 5.41) is 9.04. The smallest absolute Gasteiger partial charge is 0.434 e. The van der Waals surface area contributed by atoms with E-state index in [0.717, 1.165) is 10.9 Å². The summed E-state index contributed by atoms with van der Waals surface area (Å²) in [4.78, 5) is 25.1. The molecule has 0 aliphatic carbocycles. The lowest BCUT2D eigenvalue weighted by molar-refractivity contribution is -0.143. The third kappa shape index (κ3) is 5.43. The van der Waals surface area contributed by atoms with Crippen LogP contribution in [0.15, 0.2) is 77.5 Å². The van der Waals surface area contributed by atoms with Crippen molar-refractivity contribution in [2.24, 2.45) is 0 Å². The molecule has 2 amide bonds. The highest BCUT2D eigenvalue weighted by atomic mass is 19.4. The van der Waals surface area contributed by atoms with E-state index in [1.807, 2.05) is 0 Å². The molecule has 0 fully saturated rings. The zero-order valence-corrected chi connectivity index (χ0v) is 18.6. The van der Waals surface area contributed by atoms with Crippen molar-refractivity contribution < 1.29 is 27.2 Å². The summed E-state index contributed by atoms with van der Waals surface area (Å²) >= 11 is 0. The van der Waals surface area contributed by atoms with E-state index in [4.69, 9.17) is 4.42 Å². The van der Waals surface area contributed by atoms with Crippen molar-refractivity contribution in [2.45, 2.75) is 26.2 Å². The van der Waals surface area contributed by atoms with Gasteiger partial charge in [0, 0.05) is 12.1 Å². The quantitative estimate of drug-likeness (QED) is 0.401. The first-order valence-electron chi connectivity index (χ1n) is 10.6. The molecule has 35 heavy (non-hydrogen) atoms. The number of aromatic nitrogens is 2. The third-order valence-corrected chi connectivity index (χ3v) is 5.27. The number of nitrogens with zero attached hydrogens (tertiary/aromatic N) is 2. The van der Waals surface area contributed by atoms with Crippen molar-refractivity contribution in [1.82, 2.24) is 20.4 Å². The predicted molar refractivity (Wildman–Crippen MR) is 121 cm³/mol. The van der Waals surface area contributed by atoms with Gasteiger partial charge >= 0.3 is 6.18 Å². The van der Waals surface area contributed by atoms with Crippen LogP contribution >= 0.6 is 0 Å². The second-order valence-corrected chi connectivity index (χ2v) is 7.75. The van der Waals surface area contributed by atoms with Crippen LogP contribution in [-0.4, -0.2) is 21.6 Å². The topological polar surface area (TPSA) is 89.2 Å². The fraction of sp³-hybridized carbons (Fsp3) is 0.160. The molecule has 0 spiro atoms. The van der Waals surface area contributed by atoms with Crippen LogP contribution in [0.1, 0.15) is 43.3 Å². The molecule has 2 aromatic carbocycles. The molecule has 0 unspecified atom stereocenters. The third-order valence-electron chi connectivity index (χ3n) is 5.27. The number of para-hydroxylation sites is 1. The number of aryl methyl sites for hydroxylation is 1. The van der Waals surface area contributed by atoms with Gasteiger partial charge in [-0.05, 0) is 48.4 Å². The van der Waals surface area contributed by atoms with E-state index < -0.39 is 23.3 Å². The summed E-state index contributed by atoms with van der Waals surface area (Å²) in [5.41, 5.74) is -0.0544. The first-order valence-corrected chi connectivity index (χ1v) is 10.6. The van der Waals surface area contributed by atoms with Gasteiger partial charge in [-0.2, -0.15) is 18.3 Å². The number of hydrogen-bond acceptors (Lipinski definition) is 4. The van der Waals surface area contributed by atoms with E-state index >= 15 is 0 Å². The molecular formula is C25H21F3N4O3.